The maximum absolute atomic E-state index is 11.9. The Bertz CT molecular complexity index is 458. The van der Waals surface area contributed by atoms with Crippen molar-refractivity contribution in [3.05, 3.63) is 35.4 Å². The molecule has 2 atom stereocenters. The van der Waals surface area contributed by atoms with E-state index in [0.29, 0.717) is 11.5 Å². The minimum absolute atomic E-state index is 0.00439. The summed E-state index contributed by atoms with van der Waals surface area (Å²) in [6, 6.07) is 8.05. The van der Waals surface area contributed by atoms with Crippen molar-refractivity contribution in [3.8, 4) is 0 Å². The van der Waals surface area contributed by atoms with Crippen molar-refractivity contribution in [2.45, 2.75) is 19.3 Å². The molecule has 2 unspecified atom stereocenters. The van der Waals surface area contributed by atoms with Crippen molar-refractivity contribution in [1.82, 2.24) is 5.32 Å². The van der Waals surface area contributed by atoms with Crippen LogP contribution in [0.3, 0.4) is 0 Å². The lowest BCUT2D eigenvalue weighted by Gasteiger charge is -2.29. The van der Waals surface area contributed by atoms with Gasteiger partial charge >= 0.3 is 0 Å². The fourth-order valence-corrected chi connectivity index (χ4v) is 2.05. The highest BCUT2D eigenvalue weighted by atomic mass is 32.1. The first-order valence-electron chi connectivity index (χ1n) is 5.74. The molecule has 2 rings (SSSR count). The van der Waals surface area contributed by atoms with Crippen LogP contribution in [0.25, 0.3) is 0 Å². The monoisotopic (exact) mass is 248 g/mol. The zero-order valence-electron chi connectivity index (χ0n) is 9.77. The number of nitrogens with one attached hydrogen (secondary N) is 1. The molecule has 1 aliphatic rings. The first-order valence-corrected chi connectivity index (χ1v) is 6.15. The molecule has 1 aromatic rings. The summed E-state index contributed by atoms with van der Waals surface area (Å²) in [4.78, 5) is 12.4. The fourth-order valence-electron chi connectivity index (χ4n) is 1.97. The normalized spacial score (nSPS) is 18.8. The van der Waals surface area contributed by atoms with Gasteiger partial charge in [-0.2, -0.15) is 0 Å². The Labute approximate surface area is 106 Å². The van der Waals surface area contributed by atoms with Crippen LogP contribution in [-0.4, -0.2) is 17.4 Å². The van der Waals surface area contributed by atoms with Crippen molar-refractivity contribution >= 4 is 23.1 Å². The molecule has 0 saturated carbocycles. The van der Waals surface area contributed by atoms with Gasteiger partial charge in [0.1, 0.15) is 0 Å². The van der Waals surface area contributed by atoms with Crippen molar-refractivity contribution in [2.24, 2.45) is 11.7 Å². The third-order valence-corrected chi connectivity index (χ3v) is 3.64. The number of fused-ring (bicyclic) bond motifs is 1. The summed E-state index contributed by atoms with van der Waals surface area (Å²) in [6.45, 7) is 2.43. The van der Waals surface area contributed by atoms with Crippen LogP contribution in [-0.2, 0) is 11.2 Å². The number of carbonyl (C=O) groups excluding carboxylic acids is 1. The zero-order valence-corrected chi connectivity index (χ0v) is 10.6. The highest BCUT2D eigenvalue weighted by Gasteiger charge is 2.31. The second kappa shape index (κ2) is 4.84. The average Bonchev–Trinajstić information content (AvgIpc) is 2.27. The molecule has 0 aliphatic heterocycles. The van der Waals surface area contributed by atoms with Gasteiger partial charge in [-0.25, -0.2) is 0 Å². The van der Waals surface area contributed by atoms with Crippen molar-refractivity contribution in [2.75, 3.05) is 6.54 Å². The van der Waals surface area contributed by atoms with Crippen LogP contribution in [0.2, 0.25) is 0 Å². The maximum Gasteiger partial charge on any atom is 0.227 e. The topological polar surface area (TPSA) is 55.1 Å². The number of benzene rings is 1. The van der Waals surface area contributed by atoms with E-state index >= 15 is 0 Å². The molecule has 1 aromatic carbocycles. The van der Waals surface area contributed by atoms with E-state index < -0.39 is 0 Å². The van der Waals surface area contributed by atoms with Crippen LogP contribution in [0.15, 0.2) is 24.3 Å². The fraction of sp³-hybridized carbons (Fsp3) is 0.385. The molecule has 90 valence electrons. The van der Waals surface area contributed by atoms with E-state index in [9.17, 15) is 4.79 Å². The molecule has 3 N–H and O–H groups in total. The van der Waals surface area contributed by atoms with Crippen LogP contribution < -0.4 is 11.1 Å². The summed E-state index contributed by atoms with van der Waals surface area (Å²) in [5.41, 5.74) is 7.92. The Hall–Kier alpha value is -1.42. The van der Waals surface area contributed by atoms with Gasteiger partial charge in [-0.3, -0.25) is 4.79 Å². The Balaban J connectivity index is 1.90. The predicted molar refractivity (Wildman–Crippen MR) is 71.8 cm³/mol. The smallest absolute Gasteiger partial charge is 0.227 e. The van der Waals surface area contributed by atoms with Crippen molar-refractivity contribution in [3.63, 3.8) is 0 Å². The van der Waals surface area contributed by atoms with E-state index in [-0.39, 0.29) is 17.7 Å². The Morgan fingerprint density at radius 2 is 2.29 bits per heavy atom. The summed E-state index contributed by atoms with van der Waals surface area (Å²) in [6.07, 6.45) is 0.837. The number of amides is 1. The molecule has 1 amide bonds. The Kier molecular flexibility index (Phi) is 3.43. The number of thiocarbonyl (C=S) groups is 1. The van der Waals surface area contributed by atoms with E-state index in [0.717, 1.165) is 12.0 Å². The molecular weight excluding hydrogens is 232 g/mol. The summed E-state index contributed by atoms with van der Waals surface area (Å²) in [5, 5.41) is 2.90. The van der Waals surface area contributed by atoms with Gasteiger partial charge in [0.15, 0.2) is 0 Å². The molecule has 1 aliphatic carbocycles. The minimum Gasteiger partial charge on any atom is -0.393 e. The number of hydrogen-bond donors (Lipinski definition) is 2. The lowest BCUT2D eigenvalue weighted by molar-refractivity contribution is -0.123. The van der Waals surface area contributed by atoms with Gasteiger partial charge in [-0.15, -0.1) is 0 Å². The van der Waals surface area contributed by atoms with Gasteiger partial charge in [0.25, 0.3) is 0 Å². The third-order valence-electron chi connectivity index (χ3n) is 3.24. The average molecular weight is 248 g/mol. The summed E-state index contributed by atoms with van der Waals surface area (Å²) >= 11 is 4.87. The van der Waals surface area contributed by atoms with E-state index in [1.807, 2.05) is 25.1 Å². The van der Waals surface area contributed by atoms with Crippen LogP contribution in [0, 0.1) is 5.92 Å². The van der Waals surface area contributed by atoms with Crippen LogP contribution in [0.5, 0.6) is 0 Å². The van der Waals surface area contributed by atoms with Gasteiger partial charge in [0.05, 0.1) is 10.9 Å². The van der Waals surface area contributed by atoms with Gasteiger partial charge in [0, 0.05) is 12.5 Å². The summed E-state index contributed by atoms with van der Waals surface area (Å²) in [5.74, 6) is 0.126. The molecule has 4 heteroatoms. The van der Waals surface area contributed by atoms with Gasteiger partial charge in [-0.1, -0.05) is 43.4 Å². The predicted octanol–water partition coefficient (Wildman–Crippen LogP) is 1.36. The Morgan fingerprint density at radius 1 is 1.59 bits per heavy atom. The van der Waals surface area contributed by atoms with Crippen LogP contribution in [0.4, 0.5) is 0 Å². The quantitative estimate of drug-likeness (QED) is 0.791. The van der Waals surface area contributed by atoms with Crippen LogP contribution >= 0.6 is 12.2 Å². The molecule has 0 aromatic heterocycles. The standard InChI is InChI=1S/C13H16N2OS/c1-8(12(14)17)7-15-13(16)11-6-9-4-2-3-5-10(9)11/h2-5,8,11H,6-7H2,1H3,(H2,14,17)(H,15,16). The second-order valence-corrected chi connectivity index (χ2v) is 4.98. The second-order valence-electron chi connectivity index (χ2n) is 4.50. The molecule has 0 saturated heterocycles. The van der Waals surface area contributed by atoms with E-state index in [1.54, 1.807) is 0 Å². The molecule has 0 fully saturated rings. The largest absolute Gasteiger partial charge is 0.393 e. The maximum atomic E-state index is 11.9. The van der Waals surface area contributed by atoms with Gasteiger partial charge in [-0.05, 0) is 17.5 Å². The first kappa shape index (κ1) is 12.0. The molecule has 17 heavy (non-hydrogen) atoms. The Morgan fingerprint density at radius 3 is 2.94 bits per heavy atom. The zero-order chi connectivity index (χ0) is 12.4. The lowest BCUT2D eigenvalue weighted by atomic mass is 9.77. The summed E-state index contributed by atoms with van der Waals surface area (Å²) < 4.78 is 0. The van der Waals surface area contributed by atoms with E-state index in [1.165, 1.54) is 5.56 Å². The van der Waals surface area contributed by atoms with Crippen LogP contribution in [0.1, 0.15) is 24.0 Å². The number of rotatable bonds is 4. The van der Waals surface area contributed by atoms with Crippen molar-refractivity contribution < 1.29 is 4.79 Å². The molecule has 0 radical (unpaired) electrons. The highest BCUT2D eigenvalue weighted by molar-refractivity contribution is 7.80. The molecule has 0 heterocycles. The molecule has 3 nitrogen and oxygen atoms in total. The number of carbonyl (C=O) groups is 1. The molecule has 0 bridgehead atoms. The number of nitrogens with two attached hydrogens (primary N) is 1. The molecule has 0 spiro atoms. The van der Waals surface area contributed by atoms with Gasteiger partial charge in [0.2, 0.25) is 5.91 Å². The van der Waals surface area contributed by atoms with Crippen molar-refractivity contribution in [1.29, 1.82) is 0 Å². The lowest BCUT2D eigenvalue weighted by Crippen LogP contribution is -2.39. The minimum atomic E-state index is 0.00439. The third kappa shape index (κ3) is 2.47. The molecular formula is C13H16N2OS. The van der Waals surface area contributed by atoms with Gasteiger partial charge < -0.3 is 11.1 Å². The summed E-state index contributed by atoms with van der Waals surface area (Å²) in [7, 11) is 0. The van der Waals surface area contributed by atoms with E-state index in [2.05, 4.69) is 11.4 Å². The highest BCUT2D eigenvalue weighted by Crippen LogP contribution is 2.34. The number of hydrogen-bond acceptors (Lipinski definition) is 2. The van der Waals surface area contributed by atoms with E-state index in [4.69, 9.17) is 18.0 Å². The first-order chi connectivity index (χ1) is 8.09. The SMILES string of the molecule is CC(CNC(=O)C1Cc2ccccc21)C(N)=S.